The van der Waals surface area contributed by atoms with Crippen LogP contribution in [0, 0.1) is 10.2 Å². The Bertz CT molecular complexity index is 841. The highest BCUT2D eigenvalue weighted by molar-refractivity contribution is 7.71. The smallest absolute Gasteiger partial charge is 0.216 e. The Balaban J connectivity index is 2.73. The van der Waals surface area contributed by atoms with Crippen LogP contribution < -0.4 is 0 Å². The number of hydrogen-bond acceptors (Lipinski definition) is 4. The zero-order chi connectivity index (χ0) is 19.6. The van der Waals surface area contributed by atoms with Gasteiger partial charge in [0, 0.05) is 15.5 Å². The number of nitrogens with zero attached hydrogens (tertiary/aromatic N) is 2. The van der Waals surface area contributed by atoms with Crippen molar-refractivity contribution in [1.82, 2.24) is 14.8 Å². The van der Waals surface area contributed by atoms with Crippen LogP contribution in [0.1, 0.15) is 51.6 Å². The number of aliphatic hydroxyl groups is 1. The predicted molar refractivity (Wildman–Crippen MR) is 106 cm³/mol. The molecule has 0 aliphatic rings. The number of aromatic amines is 1. The Morgan fingerprint density at radius 3 is 2.50 bits per heavy atom. The number of H-pyrrole nitrogens is 1. The lowest BCUT2D eigenvalue weighted by molar-refractivity contribution is -0.130. The average molecular weight is 416 g/mol. The van der Waals surface area contributed by atoms with Crippen molar-refractivity contribution in [1.29, 1.82) is 0 Å². The number of carbonyl (C=O) groups excluding carboxylic acids is 1. The molecule has 3 atom stereocenters. The number of ketones is 1. The van der Waals surface area contributed by atoms with Crippen molar-refractivity contribution in [2.45, 2.75) is 52.2 Å². The third-order valence-corrected chi connectivity index (χ3v) is 5.21. The molecule has 2 rings (SSSR count). The van der Waals surface area contributed by atoms with Crippen LogP contribution in [-0.2, 0) is 4.79 Å². The summed E-state index contributed by atoms with van der Waals surface area (Å²) in [5.74, 6) is -0.780. The van der Waals surface area contributed by atoms with Crippen molar-refractivity contribution in [2.24, 2.45) is 5.41 Å². The van der Waals surface area contributed by atoms with Crippen LogP contribution in [0.25, 0.3) is 0 Å². The molecule has 5 nitrogen and oxygen atoms in total. The first-order valence-electron chi connectivity index (χ1n) is 8.37. The number of carbonyl (C=O) groups is 1. The van der Waals surface area contributed by atoms with Crippen LogP contribution in [0.3, 0.4) is 0 Å². The number of benzene rings is 1. The molecule has 0 spiro atoms. The molecular formula is C18H23Cl2N3O2S. The highest BCUT2D eigenvalue weighted by atomic mass is 35.5. The second-order valence-corrected chi connectivity index (χ2v) is 8.47. The fraction of sp³-hybridized carbons (Fsp3) is 0.500. The van der Waals surface area contributed by atoms with Crippen LogP contribution in [0.15, 0.2) is 24.5 Å². The Morgan fingerprint density at radius 1 is 1.38 bits per heavy atom. The maximum Gasteiger partial charge on any atom is 0.216 e. The summed E-state index contributed by atoms with van der Waals surface area (Å²) in [6.45, 7) is 7.37. The number of hydrogen-bond donors (Lipinski definition) is 2. The molecule has 1 heterocycles. The highest BCUT2D eigenvalue weighted by Crippen LogP contribution is 2.41. The van der Waals surface area contributed by atoms with Gasteiger partial charge in [0.25, 0.3) is 0 Å². The molecule has 0 radical (unpaired) electrons. The topological polar surface area (TPSA) is 70.9 Å². The third kappa shape index (κ3) is 4.36. The molecule has 0 saturated carbocycles. The van der Waals surface area contributed by atoms with Crippen molar-refractivity contribution in [2.75, 3.05) is 0 Å². The van der Waals surface area contributed by atoms with Gasteiger partial charge in [0.05, 0.1) is 18.1 Å². The molecule has 0 amide bonds. The Morgan fingerprint density at radius 2 is 2.04 bits per heavy atom. The molecule has 26 heavy (non-hydrogen) atoms. The molecule has 0 aliphatic heterocycles. The molecule has 8 heteroatoms. The Kier molecular flexibility index (Phi) is 6.66. The van der Waals surface area contributed by atoms with Gasteiger partial charge in [-0.15, -0.1) is 0 Å². The van der Waals surface area contributed by atoms with Gasteiger partial charge >= 0.3 is 0 Å². The molecule has 2 aromatic rings. The second-order valence-electron chi connectivity index (χ2n) is 7.26. The molecule has 0 aliphatic carbocycles. The van der Waals surface area contributed by atoms with E-state index in [4.69, 9.17) is 35.4 Å². The number of aromatic nitrogens is 3. The average Bonchev–Trinajstić information content (AvgIpc) is 2.97. The molecule has 0 bridgehead atoms. The number of aliphatic hydroxyl groups excluding tert-OH is 1. The summed E-state index contributed by atoms with van der Waals surface area (Å²) in [4.78, 5) is 17.4. The van der Waals surface area contributed by atoms with Crippen LogP contribution >= 0.6 is 35.4 Å². The largest absolute Gasteiger partial charge is 0.391 e. The minimum atomic E-state index is -0.829. The van der Waals surface area contributed by atoms with Crippen molar-refractivity contribution in [3.63, 3.8) is 0 Å². The molecule has 0 fully saturated rings. The summed E-state index contributed by atoms with van der Waals surface area (Å²) in [5.41, 5.74) is -0.0494. The molecule has 0 saturated heterocycles. The van der Waals surface area contributed by atoms with Crippen molar-refractivity contribution < 1.29 is 9.90 Å². The van der Waals surface area contributed by atoms with Crippen molar-refractivity contribution in [3.8, 4) is 0 Å². The van der Waals surface area contributed by atoms with E-state index in [9.17, 15) is 9.90 Å². The van der Waals surface area contributed by atoms with E-state index in [0.717, 1.165) is 0 Å². The second kappa shape index (κ2) is 8.21. The minimum absolute atomic E-state index is 0.0595. The first kappa shape index (κ1) is 21.1. The Hall–Kier alpha value is -1.21. The van der Waals surface area contributed by atoms with Gasteiger partial charge in [0.15, 0.2) is 0 Å². The SMILES string of the molecule is CCC(O)C(C(C(=O)C(C)(C)C)c1ccc(Cl)cc1Cl)n1[nH]cnc1=S. The zero-order valence-electron chi connectivity index (χ0n) is 15.2. The monoisotopic (exact) mass is 415 g/mol. The van der Waals surface area contributed by atoms with Crippen LogP contribution in [0.5, 0.6) is 0 Å². The van der Waals surface area contributed by atoms with E-state index in [1.165, 1.54) is 6.33 Å². The minimum Gasteiger partial charge on any atom is -0.391 e. The molecule has 142 valence electrons. The summed E-state index contributed by atoms with van der Waals surface area (Å²) in [5, 5.41) is 14.6. The quantitative estimate of drug-likeness (QED) is 0.653. The summed E-state index contributed by atoms with van der Waals surface area (Å²) < 4.78 is 1.82. The molecule has 1 aromatic carbocycles. The van der Waals surface area contributed by atoms with Gasteiger partial charge < -0.3 is 5.11 Å². The highest BCUT2D eigenvalue weighted by Gasteiger charge is 2.41. The van der Waals surface area contributed by atoms with Gasteiger partial charge in [-0.2, -0.15) is 0 Å². The standard InChI is InChI=1S/C18H23Cl2N3O2S/c1-5-13(24)15(23-17(26)21-9-22-23)14(16(25)18(2,3)4)11-7-6-10(19)8-12(11)20/h6-9,13-15,24H,5H2,1-4H3,(H,21,22,26). The third-order valence-electron chi connectivity index (χ3n) is 4.35. The van der Waals surface area contributed by atoms with E-state index < -0.39 is 23.5 Å². The maximum absolute atomic E-state index is 13.4. The summed E-state index contributed by atoms with van der Waals surface area (Å²) in [7, 11) is 0. The van der Waals surface area contributed by atoms with Gasteiger partial charge in [-0.05, 0) is 36.3 Å². The lowest BCUT2D eigenvalue weighted by Crippen LogP contribution is -2.39. The van der Waals surface area contributed by atoms with E-state index in [1.54, 1.807) is 22.9 Å². The molecular weight excluding hydrogens is 393 g/mol. The van der Waals surface area contributed by atoms with Gasteiger partial charge in [0.2, 0.25) is 4.77 Å². The molecule has 1 aromatic heterocycles. The van der Waals surface area contributed by atoms with E-state index in [2.05, 4.69) is 10.1 Å². The molecule has 2 N–H and O–H groups in total. The number of Topliss-reactive ketones (excluding diaryl/α,β-unsaturated/α-hetero) is 1. The summed E-state index contributed by atoms with van der Waals surface area (Å²) in [6.07, 6.45) is 1.05. The Labute approximate surface area is 168 Å². The first-order valence-corrected chi connectivity index (χ1v) is 9.53. The summed E-state index contributed by atoms with van der Waals surface area (Å²) in [6, 6.07) is 4.35. The van der Waals surface area contributed by atoms with Gasteiger partial charge in [-0.3, -0.25) is 14.6 Å². The van der Waals surface area contributed by atoms with Gasteiger partial charge in [-0.25, -0.2) is 4.98 Å². The summed E-state index contributed by atoms with van der Waals surface area (Å²) >= 11 is 17.7. The van der Waals surface area contributed by atoms with Crippen LogP contribution in [-0.4, -0.2) is 31.8 Å². The number of rotatable bonds is 6. The fourth-order valence-corrected chi connectivity index (χ4v) is 3.72. The fourth-order valence-electron chi connectivity index (χ4n) is 2.96. The number of nitrogens with one attached hydrogen (secondary N) is 1. The zero-order valence-corrected chi connectivity index (χ0v) is 17.5. The maximum atomic E-state index is 13.4. The van der Waals surface area contributed by atoms with Crippen LogP contribution in [0.4, 0.5) is 0 Å². The van der Waals surface area contributed by atoms with E-state index >= 15 is 0 Å². The van der Waals surface area contributed by atoms with Crippen LogP contribution in [0.2, 0.25) is 10.0 Å². The van der Waals surface area contributed by atoms with Crippen molar-refractivity contribution >= 4 is 41.2 Å². The van der Waals surface area contributed by atoms with E-state index in [0.29, 0.717) is 22.0 Å². The predicted octanol–water partition coefficient (Wildman–Crippen LogP) is 4.96. The number of halogens is 2. The normalized spacial score (nSPS) is 15.5. The van der Waals surface area contributed by atoms with Gasteiger partial charge in [0.1, 0.15) is 12.1 Å². The van der Waals surface area contributed by atoms with E-state index in [1.807, 2.05) is 27.7 Å². The van der Waals surface area contributed by atoms with Gasteiger partial charge in [-0.1, -0.05) is 57.0 Å². The lowest BCUT2D eigenvalue weighted by Gasteiger charge is -2.34. The lowest BCUT2D eigenvalue weighted by atomic mass is 9.75. The first-order chi connectivity index (χ1) is 12.1. The van der Waals surface area contributed by atoms with Crippen molar-refractivity contribution in [3.05, 3.63) is 44.9 Å². The molecule has 3 unspecified atom stereocenters. The van der Waals surface area contributed by atoms with E-state index in [-0.39, 0.29) is 10.6 Å².